The Morgan fingerprint density at radius 1 is 1.21 bits per heavy atom. The fraction of sp³-hybridized carbons (Fsp3) is 0.333. The number of methoxy groups -OCH3 is 2. The van der Waals surface area contributed by atoms with Crippen molar-refractivity contribution < 1.29 is 37.0 Å². The van der Waals surface area contributed by atoms with E-state index in [9.17, 15) is 22.8 Å². The third-order valence-corrected chi connectivity index (χ3v) is 2.67. The molecule has 0 aliphatic rings. The molecule has 0 radical (unpaired) electrons. The molecule has 0 unspecified atom stereocenters. The van der Waals surface area contributed by atoms with Gasteiger partial charge in [-0.15, -0.1) is 0 Å². The summed E-state index contributed by atoms with van der Waals surface area (Å²) in [7, 11) is 2.20. The van der Waals surface area contributed by atoms with Crippen molar-refractivity contribution in [1.29, 1.82) is 0 Å². The van der Waals surface area contributed by atoms with Crippen molar-refractivity contribution in [2.24, 2.45) is 0 Å². The Kier molecular flexibility index (Phi) is 6.63. The van der Waals surface area contributed by atoms with Crippen molar-refractivity contribution in [3.05, 3.63) is 35.5 Å². The summed E-state index contributed by atoms with van der Waals surface area (Å²) in [6.45, 7) is 0.162. The van der Waals surface area contributed by atoms with Crippen molar-refractivity contribution >= 4 is 17.6 Å². The zero-order valence-electron chi connectivity index (χ0n) is 13.2. The summed E-state index contributed by atoms with van der Waals surface area (Å²) in [6, 6.07) is 4.37. The van der Waals surface area contributed by atoms with Gasteiger partial charge in [-0.3, -0.25) is 0 Å². The van der Waals surface area contributed by atoms with Crippen LogP contribution < -0.4 is 10.1 Å². The summed E-state index contributed by atoms with van der Waals surface area (Å²) < 4.78 is 50.7. The Labute approximate surface area is 136 Å². The van der Waals surface area contributed by atoms with Gasteiger partial charge < -0.3 is 19.5 Å². The number of hydrogen-bond acceptors (Lipinski definition) is 6. The highest BCUT2D eigenvalue weighted by molar-refractivity contribution is 5.99. The minimum absolute atomic E-state index is 0.0606. The van der Waals surface area contributed by atoms with Gasteiger partial charge in [-0.2, -0.15) is 13.2 Å². The third-order valence-electron chi connectivity index (χ3n) is 2.67. The van der Waals surface area contributed by atoms with Gasteiger partial charge in [-0.25, -0.2) is 9.59 Å². The molecule has 0 aliphatic carbocycles. The molecule has 0 saturated heterocycles. The summed E-state index contributed by atoms with van der Waals surface area (Å²) in [5.74, 6) is -1.87. The molecule has 0 fully saturated rings. The van der Waals surface area contributed by atoms with Gasteiger partial charge in [-0.1, -0.05) is 6.07 Å². The first-order valence-corrected chi connectivity index (χ1v) is 6.61. The molecule has 1 aromatic carbocycles. The monoisotopic (exact) mass is 347 g/mol. The zero-order valence-corrected chi connectivity index (χ0v) is 13.2. The van der Waals surface area contributed by atoms with E-state index in [1.54, 1.807) is 13.0 Å². The molecular formula is C15H16F3NO5. The molecule has 0 amide bonds. The Hall–Kier alpha value is -2.71. The standard InChI is InChI=1S/C15H16F3NO5/c1-9-4-5-10(12(6-9)24-8-15(16,17)18)19-11(14(21)23-3)7-13(20)22-2/h4-7,19H,8H2,1-3H3/b11-7+. The number of nitrogens with one attached hydrogen (secondary N) is 1. The highest BCUT2D eigenvalue weighted by Crippen LogP contribution is 2.29. The van der Waals surface area contributed by atoms with E-state index in [0.717, 1.165) is 20.3 Å². The molecule has 1 N–H and O–H groups in total. The molecule has 0 aliphatic heterocycles. The van der Waals surface area contributed by atoms with Crippen LogP contribution >= 0.6 is 0 Å². The predicted octanol–water partition coefficient (Wildman–Crippen LogP) is 2.58. The predicted molar refractivity (Wildman–Crippen MR) is 78.5 cm³/mol. The largest absolute Gasteiger partial charge is 0.482 e. The van der Waals surface area contributed by atoms with Crippen LogP contribution in [-0.2, 0) is 19.1 Å². The summed E-state index contributed by atoms with van der Waals surface area (Å²) in [5, 5.41) is 2.52. The summed E-state index contributed by atoms with van der Waals surface area (Å²) >= 11 is 0. The van der Waals surface area contributed by atoms with Crippen molar-refractivity contribution in [3.8, 4) is 5.75 Å². The number of carbonyl (C=O) groups is 2. The molecule has 0 aromatic heterocycles. The number of esters is 2. The van der Waals surface area contributed by atoms with E-state index in [4.69, 9.17) is 4.74 Å². The first-order chi connectivity index (χ1) is 11.2. The van der Waals surface area contributed by atoms with Crippen LogP contribution in [0, 0.1) is 6.92 Å². The summed E-state index contributed by atoms with van der Waals surface area (Å²) in [5.41, 5.74) is 0.393. The van der Waals surface area contributed by atoms with Crippen LogP contribution in [-0.4, -0.2) is 38.9 Å². The second-order valence-electron chi connectivity index (χ2n) is 4.60. The summed E-state index contributed by atoms with van der Waals surface area (Å²) in [4.78, 5) is 23.0. The highest BCUT2D eigenvalue weighted by Gasteiger charge is 2.29. The first-order valence-electron chi connectivity index (χ1n) is 6.61. The molecule has 0 spiro atoms. The average Bonchev–Trinajstić information content (AvgIpc) is 2.52. The lowest BCUT2D eigenvalue weighted by atomic mass is 10.2. The number of alkyl halides is 3. The Morgan fingerprint density at radius 2 is 1.88 bits per heavy atom. The summed E-state index contributed by atoms with van der Waals surface area (Å²) in [6.07, 6.45) is -3.70. The van der Waals surface area contributed by atoms with E-state index in [2.05, 4.69) is 14.8 Å². The maximum atomic E-state index is 12.3. The molecule has 1 aromatic rings. The lowest BCUT2D eigenvalue weighted by Gasteiger charge is -2.16. The van der Waals surface area contributed by atoms with Gasteiger partial charge in [-0.05, 0) is 24.6 Å². The molecule has 0 saturated carbocycles. The molecule has 1 rings (SSSR count). The number of halogens is 3. The molecule has 0 atom stereocenters. The minimum Gasteiger partial charge on any atom is -0.482 e. The molecule has 0 bridgehead atoms. The van der Waals surface area contributed by atoms with Gasteiger partial charge in [0.15, 0.2) is 6.61 Å². The number of anilines is 1. The van der Waals surface area contributed by atoms with E-state index in [-0.39, 0.29) is 17.1 Å². The number of benzene rings is 1. The fourth-order valence-corrected chi connectivity index (χ4v) is 1.59. The van der Waals surface area contributed by atoms with Crippen LogP contribution in [0.25, 0.3) is 0 Å². The van der Waals surface area contributed by atoms with Gasteiger partial charge in [0.25, 0.3) is 0 Å². The van der Waals surface area contributed by atoms with E-state index in [0.29, 0.717) is 5.56 Å². The quantitative estimate of drug-likeness (QED) is 0.630. The van der Waals surface area contributed by atoms with Crippen LogP contribution in [0.4, 0.5) is 18.9 Å². The number of rotatable bonds is 6. The number of hydrogen-bond donors (Lipinski definition) is 1. The van der Waals surface area contributed by atoms with Crippen molar-refractivity contribution in [1.82, 2.24) is 0 Å². The molecule has 9 heteroatoms. The lowest BCUT2D eigenvalue weighted by Crippen LogP contribution is -2.20. The number of ether oxygens (including phenoxy) is 3. The number of carbonyl (C=O) groups excluding carboxylic acids is 2. The van der Waals surface area contributed by atoms with Gasteiger partial charge in [0, 0.05) is 0 Å². The van der Waals surface area contributed by atoms with Crippen LogP contribution in [0.15, 0.2) is 30.0 Å². The van der Waals surface area contributed by atoms with E-state index in [1.807, 2.05) is 0 Å². The topological polar surface area (TPSA) is 73.9 Å². The second-order valence-corrected chi connectivity index (χ2v) is 4.60. The fourth-order valence-electron chi connectivity index (χ4n) is 1.59. The molecule has 132 valence electrons. The zero-order chi connectivity index (χ0) is 18.3. The molecular weight excluding hydrogens is 331 g/mol. The maximum absolute atomic E-state index is 12.3. The maximum Gasteiger partial charge on any atom is 0.422 e. The smallest absolute Gasteiger partial charge is 0.422 e. The van der Waals surface area contributed by atoms with Gasteiger partial charge >= 0.3 is 18.1 Å². The van der Waals surface area contributed by atoms with E-state index >= 15 is 0 Å². The van der Waals surface area contributed by atoms with Crippen molar-refractivity contribution in [2.75, 3.05) is 26.1 Å². The first kappa shape index (κ1) is 19.3. The van der Waals surface area contributed by atoms with Gasteiger partial charge in [0.2, 0.25) is 0 Å². The van der Waals surface area contributed by atoms with Gasteiger partial charge in [0.05, 0.1) is 26.0 Å². The molecule has 0 heterocycles. The minimum atomic E-state index is -4.52. The van der Waals surface area contributed by atoms with E-state index < -0.39 is 24.7 Å². The van der Waals surface area contributed by atoms with Gasteiger partial charge in [0.1, 0.15) is 11.4 Å². The molecule has 24 heavy (non-hydrogen) atoms. The van der Waals surface area contributed by atoms with Crippen LogP contribution in [0.3, 0.4) is 0 Å². The highest BCUT2D eigenvalue weighted by atomic mass is 19.4. The van der Waals surface area contributed by atoms with E-state index in [1.165, 1.54) is 12.1 Å². The lowest BCUT2D eigenvalue weighted by molar-refractivity contribution is -0.153. The Balaban J connectivity index is 3.12. The normalized spacial score (nSPS) is 11.7. The SMILES string of the molecule is COC(=O)/C=C(/Nc1ccc(C)cc1OCC(F)(F)F)C(=O)OC. The van der Waals surface area contributed by atoms with Crippen molar-refractivity contribution in [2.45, 2.75) is 13.1 Å². The Morgan fingerprint density at radius 3 is 2.42 bits per heavy atom. The van der Waals surface area contributed by atoms with Crippen molar-refractivity contribution in [3.63, 3.8) is 0 Å². The van der Waals surface area contributed by atoms with Crippen LogP contribution in [0.1, 0.15) is 5.56 Å². The van der Waals surface area contributed by atoms with Crippen LogP contribution in [0.5, 0.6) is 5.75 Å². The van der Waals surface area contributed by atoms with Crippen LogP contribution in [0.2, 0.25) is 0 Å². The third kappa shape index (κ3) is 6.19. The number of aryl methyl sites for hydroxylation is 1. The Bertz CT molecular complexity index is 640. The second kappa shape index (κ2) is 8.23. The molecule has 6 nitrogen and oxygen atoms in total. The average molecular weight is 347 g/mol.